The fourth-order valence-electron chi connectivity index (χ4n) is 2.67. The van der Waals surface area contributed by atoms with Crippen molar-refractivity contribution in [3.05, 3.63) is 47.5 Å². The smallest absolute Gasteiger partial charge is 0.259 e. The van der Waals surface area contributed by atoms with E-state index in [1.807, 2.05) is 0 Å². The molecule has 2 aromatic rings. The number of nitrogens with zero attached hydrogens (tertiary/aromatic N) is 1. The monoisotopic (exact) mass is 443 g/mol. The van der Waals surface area contributed by atoms with Gasteiger partial charge in [-0.15, -0.1) is 0 Å². The number of ether oxygens (including phenoxy) is 4. The summed E-state index contributed by atoms with van der Waals surface area (Å²) in [4.78, 5) is 24.2. The van der Waals surface area contributed by atoms with Crippen molar-refractivity contribution >= 4 is 18.0 Å². The summed E-state index contributed by atoms with van der Waals surface area (Å²) in [6, 6.07) is 10.1. The summed E-state index contributed by atoms with van der Waals surface area (Å²) in [5.41, 5.74) is 3.43. The molecule has 0 aromatic heterocycles. The Bertz CT molecular complexity index is 945. The van der Waals surface area contributed by atoms with E-state index in [-0.39, 0.29) is 6.54 Å². The van der Waals surface area contributed by atoms with Gasteiger partial charge in [-0.2, -0.15) is 5.10 Å². The molecule has 9 heteroatoms. The highest BCUT2D eigenvalue weighted by Gasteiger charge is 2.12. The summed E-state index contributed by atoms with van der Waals surface area (Å²) < 4.78 is 21.4. The molecule has 0 heterocycles. The van der Waals surface area contributed by atoms with Crippen LogP contribution in [-0.2, 0) is 4.79 Å². The number of carbonyl (C=O) groups excluding carboxylic acids is 2. The summed E-state index contributed by atoms with van der Waals surface area (Å²) in [6.45, 7) is 2.47. The Kier molecular flexibility index (Phi) is 9.83. The predicted molar refractivity (Wildman–Crippen MR) is 121 cm³/mol. The number of amides is 2. The molecule has 0 fully saturated rings. The van der Waals surface area contributed by atoms with Crippen LogP contribution >= 0.6 is 0 Å². The lowest BCUT2D eigenvalue weighted by atomic mass is 10.2. The second-order valence-corrected chi connectivity index (χ2v) is 6.66. The molecule has 0 aliphatic rings. The zero-order valence-corrected chi connectivity index (χ0v) is 18.8. The van der Waals surface area contributed by atoms with Crippen molar-refractivity contribution in [2.75, 3.05) is 34.5 Å². The first kappa shape index (κ1) is 24.5. The van der Waals surface area contributed by atoms with E-state index in [0.717, 1.165) is 18.4 Å². The Morgan fingerprint density at radius 1 is 0.938 bits per heavy atom. The van der Waals surface area contributed by atoms with Crippen molar-refractivity contribution in [3.63, 3.8) is 0 Å². The van der Waals surface area contributed by atoms with E-state index in [4.69, 9.17) is 18.9 Å². The van der Waals surface area contributed by atoms with Crippen LogP contribution in [0.5, 0.6) is 23.0 Å². The van der Waals surface area contributed by atoms with Crippen molar-refractivity contribution in [1.82, 2.24) is 10.7 Å². The van der Waals surface area contributed by atoms with Crippen LogP contribution in [0.1, 0.15) is 35.7 Å². The van der Waals surface area contributed by atoms with Gasteiger partial charge in [-0.1, -0.05) is 13.3 Å². The van der Waals surface area contributed by atoms with Crippen LogP contribution in [-0.4, -0.2) is 52.5 Å². The van der Waals surface area contributed by atoms with E-state index in [9.17, 15) is 9.59 Å². The summed E-state index contributed by atoms with van der Waals surface area (Å²) in [5.74, 6) is 1.27. The average Bonchev–Trinajstić information content (AvgIpc) is 2.82. The van der Waals surface area contributed by atoms with Crippen LogP contribution in [0, 0.1) is 0 Å². The molecular formula is C23H29N3O6. The standard InChI is InChI=1S/C23H29N3O6/c1-5-6-11-32-19-9-7-16(12-20(19)30-3)14-25-26-22(27)15-24-23(28)17-8-10-18(29-2)21(13-17)31-4/h7-10,12-14H,5-6,11,15H2,1-4H3,(H,24,28)(H,26,27)/b25-14-. The molecule has 9 nitrogen and oxygen atoms in total. The number of benzene rings is 2. The van der Waals surface area contributed by atoms with E-state index in [1.165, 1.54) is 26.5 Å². The van der Waals surface area contributed by atoms with Gasteiger partial charge in [0.15, 0.2) is 23.0 Å². The normalized spacial score (nSPS) is 10.5. The van der Waals surface area contributed by atoms with Crippen LogP contribution in [0.25, 0.3) is 0 Å². The van der Waals surface area contributed by atoms with Crippen molar-refractivity contribution in [2.24, 2.45) is 5.10 Å². The number of rotatable bonds is 12. The number of unbranched alkanes of at least 4 members (excludes halogenated alkanes) is 1. The Hall–Kier alpha value is -3.75. The van der Waals surface area contributed by atoms with E-state index in [2.05, 4.69) is 22.8 Å². The first-order chi connectivity index (χ1) is 15.5. The van der Waals surface area contributed by atoms with Crippen LogP contribution in [0.3, 0.4) is 0 Å². The minimum Gasteiger partial charge on any atom is -0.493 e. The molecule has 2 rings (SSSR count). The zero-order chi connectivity index (χ0) is 23.3. The number of hydrazone groups is 1. The van der Waals surface area contributed by atoms with Crippen molar-refractivity contribution in [3.8, 4) is 23.0 Å². The third kappa shape index (κ3) is 7.19. The minimum absolute atomic E-state index is 0.238. The van der Waals surface area contributed by atoms with Gasteiger partial charge >= 0.3 is 0 Å². The fourth-order valence-corrected chi connectivity index (χ4v) is 2.67. The number of hydrogen-bond acceptors (Lipinski definition) is 7. The largest absolute Gasteiger partial charge is 0.493 e. The maximum atomic E-state index is 12.3. The molecule has 172 valence electrons. The van der Waals surface area contributed by atoms with E-state index >= 15 is 0 Å². The van der Waals surface area contributed by atoms with E-state index in [0.29, 0.717) is 35.2 Å². The maximum absolute atomic E-state index is 12.3. The van der Waals surface area contributed by atoms with E-state index < -0.39 is 11.8 Å². The second-order valence-electron chi connectivity index (χ2n) is 6.66. The SMILES string of the molecule is CCCCOc1ccc(/C=N\NC(=O)CNC(=O)c2ccc(OC)c(OC)c2)cc1OC. The molecule has 2 amide bonds. The maximum Gasteiger partial charge on any atom is 0.259 e. The zero-order valence-electron chi connectivity index (χ0n) is 18.8. The highest BCUT2D eigenvalue weighted by atomic mass is 16.5. The van der Waals surface area contributed by atoms with E-state index in [1.54, 1.807) is 37.4 Å². The number of methoxy groups -OCH3 is 3. The molecule has 2 aromatic carbocycles. The van der Waals surface area contributed by atoms with Crippen LogP contribution in [0.2, 0.25) is 0 Å². The topological polar surface area (TPSA) is 107 Å². The van der Waals surface area contributed by atoms with Gasteiger partial charge in [0.2, 0.25) is 0 Å². The quantitative estimate of drug-likeness (QED) is 0.297. The molecule has 2 N–H and O–H groups in total. The Balaban J connectivity index is 1.86. The summed E-state index contributed by atoms with van der Waals surface area (Å²) >= 11 is 0. The predicted octanol–water partition coefficient (Wildman–Crippen LogP) is 2.77. The third-order valence-electron chi connectivity index (χ3n) is 4.40. The number of nitrogens with one attached hydrogen (secondary N) is 2. The first-order valence-electron chi connectivity index (χ1n) is 10.1. The lowest BCUT2D eigenvalue weighted by Gasteiger charge is -2.10. The van der Waals surface area contributed by atoms with Gasteiger partial charge in [-0.25, -0.2) is 5.43 Å². The second kappa shape index (κ2) is 12.8. The summed E-state index contributed by atoms with van der Waals surface area (Å²) in [5, 5.41) is 6.44. The van der Waals surface area contributed by atoms with Gasteiger partial charge in [0, 0.05) is 5.56 Å². The minimum atomic E-state index is -0.471. The molecule has 0 saturated heterocycles. The molecule has 0 saturated carbocycles. The Labute approximate surface area is 187 Å². The molecule has 0 aliphatic carbocycles. The van der Waals surface area contributed by atoms with Crippen LogP contribution in [0.4, 0.5) is 0 Å². The highest BCUT2D eigenvalue weighted by molar-refractivity contribution is 5.97. The highest BCUT2D eigenvalue weighted by Crippen LogP contribution is 2.28. The van der Waals surface area contributed by atoms with Gasteiger partial charge in [-0.05, 0) is 48.4 Å². The van der Waals surface area contributed by atoms with Crippen molar-refractivity contribution < 1.29 is 28.5 Å². The lowest BCUT2D eigenvalue weighted by Crippen LogP contribution is -2.34. The molecule has 32 heavy (non-hydrogen) atoms. The molecule has 0 spiro atoms. The van der Waals surface area contributed by atoms with Crippen LogP contribution < -0.4 is 29.7 Å². The Morgan fingerprint density at radius 2 is 1.62 bits per heavy atom. The summed E-state index contributed by atoms with van der Waals surface area (Å²) in [7, 11) is 4.55. The number of carbonyl (C=O) groups is 2. The van der Waals surface area contributed by atoms with Crippen molar-refractivity contribution in [2.45, 2.75) is 19.8 Å². The third-order valence-corrected chi connectivity index (χ3v) is 4.40. The van der Waals surface area contributed by atoms with Gasteiger partial charge < -0.3 is 24.3 Å². The molecule has 0 aliphatic heterocycles. The number of hydrogen-bond donors (Lipinski definition) is 2. The van der Waals surface area contributed by atoms with Gasteiger partial charge in [-0.3, -0.25) is 9.59 Å². The van der Waals surface area contributed by atoms with Crippen molar-refractivity contribution in [1.29, 1.82) is 0 Å². The molecule has 0 bridgehead atoms. The molecule has 0 radical (unpaired) electrons. The average molecular weight is 444 g/mol. The fraction of sp³-hybridized carbons (Fsp3) is 0.348. The first-order valence-corrected chi connectivity index (χ1v) is 10.1. The van der Waals surface area contributed by atoms with Gasteiger partial charge in [0.1, 0.15) is 0 Å². The molecule has 0 atom stereocenters. The lowest BCUT2D eigenvalue weighted by molar-refractivity contribution is -0.120. The molecular weight excluding hydrogens is 414 g/mol. The molecule has 0 unspecified atom stereocenters. The van der Waals surface area contributed by atoms with Gasteiger partial charge in [0.25, 0.3) is 11.8 Å². The summed E-state index contributed by atoms with van der Waals surface area (Å²) in [6.07, 6.45) is 3.48. The van der Waals surface area contributed by atoms with Gasteiger partial charge in [0.05, 0.1) is 40.7 Å². The van der Waals surface area contributed by atoms with Crippen LogP contribution in [0.15, 0.2) is 41.5 Å². The Morgan fingerprint density at radius 3 is 2.31 bits per heavy atom.